The Balaban J connectivity index is 0.000000583. The van der Waals surface area contributed by atoms with Gasteiger partial charge in [-0.2, -0.15) is 0 Å². The third-order valence-corrected chi connectivity index (χ3v) is 1.48. The van der Waals surface area contributed by atoms with Crippen LogP contribution in [0.2, 0.25) is 6.55 Å². The Morgan fingerprint density at radius 3 is 2.27 bits per heavy atom. The van der Waals surface area contributed by atoms with Crippen LogP contribution in [0.3, 0.4) is 0 Å². The third kappa shape index (κ3) is 3.51. The standard InChI is InChI=1S/C6H8O6.CH6OSi/c7-1-2(8)5-3(9)4(10)6(11)12-5;1-3-2/h2,5,7-10H,1H2;2H,3H2,1H3/t2?,5-;/m1./s1. The summed E-state index contributed by atoms with van der Waals surface area (Å²) < 4.78 is 4.32. The predicted octanol–water partition coefficient (Wildman–Crippen LogP) is -2.30. The van der Waals surface area contributed by atoms with Crippen LogP contribution in [0.25, 0.3) is 0 Å². The molecule has 0 radical (unpaired) electrons. The van der Waals surface area contributed by atoms with Gasteiger partial charge in [-0.1, -0.05) is 6.55 Å². The van der Waals surface area contributed by atoms with Gasteiger partial charge in [0.2, 0.25) is 5.76 Å². The Hall–Kier alpha value is -1.09. The number of esters is 1. The van der Waals surface area contributed by atoms with Crippen LogP contribution in [0.4, 0.5) is 0 Å². The second kappa shape index (κ2) is 6.40. The van der Waals surface area contributed by atoms with Crippen LogP contribution in [-0.4, -0.2) is 59.8 Å². The molecule has 1 unspecified atom stereocenters. The van der Waals surface area contributed by atoms with Crippen molar-refractivity contribution in [1.82, 2.24) is 0 Å². The second-order valence-corrected chi connectivity index (χ2v) is 3.26. The number of carbonyl (C=O) groups is 1. The molecule has 7 nitrogen and oxygen atoms in total. The lowest BCUT2D eigenvalue weighted by Gasteiger charge is -2.13. The molecule has 1 aliphatic rings. The molecule has 1 aliphatic heterocycles. The van der Waals surface area contributed by atoms with Gasteiger partial charge in [0.1, 0.15) is 6.10 Å². The minimum absolute atomic E-state index is 0.583. The number of cyclic esters (lactones) is 1. The number of aliphatic hydroxyl groups is 4. The lowest BCUT2D eigenvalue weighted by atomic mass is 10.2. The number of ether oxygens (including phenoxy) is 1. The third-order valence-electron chi connectivity index (χ3n) is 1.48. The van der Waals surface area contributed by atoms with E-state index in [1.807, 2.05) is 6.55 Å². The van der Waals surface area contributed by atoms with Gasteiger partial charge in [-0.15, -0.1) is 0 Å². The molecule has 0 spiro atoms. The zero-order valence-corrected chi connectivity index (χ0v) is 9.54. The number of rotatable bonds is 2. The van der Waals surface area contributed by atoms with Gasteiger partial charge >= 0.3 is 5.97 Å². The topological polar surface area (TPSA) is 127 Å². The van der Waals surface area contributed by atoms with Gasteiger partial charge in [0.15, 0.2) is 21.6 Å². The molecule has 15 heavy (non-hydrogen) atoms. The average Bonchev–Trinajstić information content (AvgIpc) is 2.46. The van der Waals surface area contributed by atoms with Crippen LogP contribution < -0.4 is 0 Å². The Kier molecular flexibility index (Phi) is 5.94. The first-order valence-corrected chi connectivity index (χ1v) is 6.27. The van der Waals surface area contributed by atoms with Crippen molar-refractivity contribution in [3.63, 3.8) is 0 Å². The largest absolute Gasteiger partial charge is 0.505 e. The van der Waals surface area contributed by atoms with Crippen molar-refractivity contribution in [3.05, 3.63) is 11.5 Å². The maximum Gasteiger partial charge on any atom is 0.377 e. The van der Waals surface area contributed by atoms with E-state index in [-0.39, 0.29) is 0 Å². The van der Waals surface area contributed by atoms with Gasteiger partial charge in [-0.3, -0.25) is 0 Å². The minimum Gasteiger partial charge on any atom is -0.505 e. The van der Waals surface area contributed by atoms with Gasteiger partial charge in [0.05, 0.1) is 6.61 Å². The Morgan fingerprint density at radius 1 is 1.53 bits per heavy atom. The van der Waals surface area contributed by atoms with Gasteiger partial charge in [0, 0.05) is 0 Å². The first-order chi connectivity index (χ1) is 6.99. The van der Waals surface area contributed by atoms with E-state index in [1.165, 1.54) is 0 Å². The van der Waals surface area contributed by atoms with E-state index >= 15 is 0 Å². The molecule has 0 aliphatic carbocycles. The summed E-state index contributed by atoms with van der Waals surface area (Å²) in [5, 5.41) is 35.0. The molecule has 0 bridgehead atoms. The van der Waals surface area contributed by atoms with E-state index in [4.69, 9.17) is 25.2 Å². The molecular weight excluding hydrogens is 224 g/mol. The Bertz CT molecular complexity index is 252. The number of carbonyl (C=O) groups excluding carboxylic acids is 1. The van der Waals surface area contributed by atoms with E-state index in [0.717, 1.165) is 0 Å². The van der Waals surface area contributed by atoms with Crippen LogP contribution in [0.5, 0.6) is 0 Å². The molecule has 88 valence electrons. The minimum atomic E-state index is -1.42. The van der Waals surface area contributed by atoms with E-state index < -0.39 is 46.1 Å². The Labute approximate surface area is 88.2 Å². The summed E-state index contributed by atoms with van der Waals surface area (Å²) in [4.78, 5) is 18.2. The second-order valence-electron chi connectivity index (χ2n) is 2.63. The summed E-state index contributed by atoms with van der Waals surface area (Å²) in [6.45, 7) is 1.15. The molecule has 0 fully saturated rings. The molecule has 0 amide bonds. The van der Waals surface area contributed by atoms with Gasteiger partial charge in [0.25, 0.3) is 0 Å². The van der Waals surface area contributed by atoms with Crippen LogP contribution in [0.15, 0.2) is 11.5 Å². The van der Waals surface area contributed by atoms with Crippen molar-refractivity contribution in [1.29, 1.82) is 0 Å². The molecule has 5 N–H and O–H groups in total. The normalized spacial score (nSPS) is 22.7. The highest BCUT2D eigenvalue weighted by Gasteiger charge is 2.38. The van der Waals surface area contributed by atoms with Crippen LogP contribution >= 0.6 is 0 Å². The smallest absolute Gasteiger partial charge is 0.377 e. The number of hydrogen-bond donors (Lipinski definition) is 5. The van der Waals surface area contributed by atoms with E-state index in [0.29, 0.717) is 0 Å². The SMILES string of the molecule is C[SiH2]O.O=C1O[C@H](C(O)CO)C(O)=C1O. The molecule has 0 aromatic rings. The van der Waals surface area contributed by atoms with Crippen molar-refractivity contribution in [2.75, 3.05) is 6.61 Å². The highest BCUT2D eigenvalue weighted by atomic mass is 28.2. The average molecular weight is 238 g/mol. The molecule has 1 heterocycles. The summed E-state index contributed by atoms with van der Waals surface area (Å²) in [6.07, 6.45) is -2.78. The van der Waals surface area contributed by atoms with Crippen LogP contribution in [0, 0.1) is 0 Å². The van der Waals surface area contributed by atoms with Gasteiger partial charge in [-0.25, -0.2) is 4.79 Å². The molecule has 0 aromatic heterocycles. The van der Waals surface area contributed by atoms with Crippen molar-refractivity contribution >= 4 is 15.7 Å². The van der Waals surface area contributed by atoms with Gasteiger partial charge < -0.3 is 30.0 Å². The quantitative estimate of drug-likeness (QED) is 0.270. The lowest BCUT2D eigenvalue weighted by molar-refractivity contribution is -0.147. The van der Waals surface area contributed by atoms with E-state index in [9.17, 15) is 4.79 Å². The van der Waals surface area contributed by atoms with E-state index in [1.54, 1.807) is 0 Å². The number of aliphatic hydroxyl groups excluding tert-OH is 4. The fourth-order valence-electron chi connectivity index (χ4n) is 0.823. The van der Waals surface area contributed by atoms with Crippen molar-refractivity contribution in [3.8, 4) is 0 Å². The zero-order valence-electron chi connectivity index (χ0n) is 8.12. The van der Waals surface area contributed by atoms with Gasteiger partial charge in [-0.05, 0) is 0 Å². The fourth-order valence-corrected chi connectivity index (χ4v) is 0.823. The molecule has 0 aromatic carbocycles. The van der Waals surface area contributed by atoms with Crippen molar-refractivity contribution < 1.29 is 34.8 Å². The summed E-state index contributed by atoms with van der Waals surface area (Å²) >= 11 is 0. The predicted molar refractivity (Wildman–Crippen MR) is 51.9 cm³/mol. The van der Waals surface area contributed by atoms with Crippen LogP contribution in [-0.2, 0) is 9.53 Å². The maximum atomic E-state index is 10.5. The molecule has 0 saturated heterocycles. The molecule has 2 atom stereocenters. The van der Waals surface area contributed by atoms with Crippen LogP contribution in [0.1, 0.15) is 0 Å². The highest BCUT2D eigenvalue weighted by Crippen LogP contribution is 2.20. The first kappa shape index (κ1) is 13.9. The van der Waals surface area contributed by atoms with Crippen molar-refractivity contribution in [2.24, 2.45) is 0 Å². The Morgan fingerprint density at radius 2 is 2.00 bits per heavy atom. The lowest BCUT2D eigenvalue weighted by Crippen LogP contribution is -2.31. The highest BCUT2D eigenvalue weighted by molar-refractivity contribution is 6.22. The van der Waals surface area contributed by atoms with E-state index in [2.05, 4.69) is 4.74 Å². The number of hydrogen-bond acceptors (Lipinski definition) is 7. The molecular formula is C7H14O7Si. The summed E-state index contributed by atoms with van der Waals surface area (Å²) in [5.41, 5.74) is 0. The maximum absolute atomic E-state index is 10.5. The fraction of sp³-hybridized carbons (Fsp3) is 0.571. The first-order valence-electron chi connectivity index (χ1n) is 4.22. The van der Waals surface area contributed by atoms with Crippen molar-refractivity contribution in [2.45, 2.75) is 18.8 Å². The monoisotopic (exact) mass is 238 g/mol. The summed E-state index contributed by atoms with van der Waals surface area (Å²) in [7, 11) is -0.583. The summed E-state index contributed by atoms with van der Waals surface area (Å²) in [6, 6.07) is 0. The summed E-state index contributed by atoms with van der Waals surface area (Å²) in [5.74, 6) is -2.78. The molecule has 8 heteroatoms. The molecule has 1 rings (SSSR count). The molecule has 0 saturated carbocycles. The zero-order chi connectivity index (χ0) is 12.0.